The van der Waals surface area contributed by atoms with Crippen LogP contribution in [-0.4, -0.2) is 33.0 Å². The first kappa shape index (κ1) is 19.8. The Kier molecular flexibility index (Phi) is 5.97. The Morgan fingerprint density at radius 2 is 1.65 bits per heavy atom. The Labute approximate surface area is 153 Å². The Morgan fingerprint density at radius 3 is 2.19 bits per heavy atom. The molecule has 5 nitrogen and oxygen atoms in total. The number of esters is 1. The highest BCUT2D eigenvalue weighted by Gasteiger charge is 2.17. The molecule has 0 saturated carbocycles. The smallest absolute Gasteiger partial charge is 0.338 e. The molecule has 26 heavy (non-hydrogen) atoms. The quantitative estimate of drug-likeness (QED) is 0.571. The summed E-state index contributed by atoms with van der Waals surface area (Å²) < 4.78 is 28.4. The van der Waals surface area contributed by atoms with E-state index in [4.69, 9.17) is 4.74 Å². The van der Waals surface area contributed by atoms with Gasteiger partial charge in [-0.3, -0.25) is 4.79 Å². The summed E-state index contributed by atoms with van der Waals surface area (Å²) in [5, 5.41) is 0. The van der Waals surface area contributed by atoms with Gasteiger partial charge in [0.15, 0.2) is 22.2 Å². The minimum atomic E-state index is -3.44. The first-order chi connectivity index (χ1) is 12.1. The second-order valence-electron chi connectivity index (χ2n) is 6.52. The molecule has 0 atom stereocenters. The van der Waals surface area contributed by atoms with E-state index in [1.807, 2.05) is 12.1 Å². The number of aryl methyl sites for hydroxylation is 1. The first-order valence-electron chi connectivity index (χ1n) is 8.20. The summed E-state index contributed by atoms with van der Waals surface area (Å²) in [7, 11) is -3.44. The van der Waals surface area contributed by atoms with Gasteiger partial charge in [-0.05, 0) is 36.1 Å². The van der Waals surface area contributed by atoms with Crippen molar-refractivity contribution in [2.24, 2.45) is 0 Å². The Hall–Kier alpha value is -2.47. The minimum absolute atomic E-state index is 0.0330. The van der Waals surface area contributed by atoms with Crippen molar-refractivity contribution in [2.45, 2.75) is 31.6 Å². The molecule has 2 rings (SSSR count). The van der Waals surface area contributed by atoms with Crippen LogP contribution in [0.1, 0.15) is 51.6 Å². The minimum Gasteiger partial charge on any atom is -0.454 e. The maximum absolute atomic E-state index is 12.3. The predicted molar refractivity (Wildman–Crippen MR) is 99.4 cm³/mol. The van der Waals surface area contributed by atoms with Gasteiger partial charge in [0.25, 0.3) is 0 Å². The van der Waals surface area contributed by atoms with E-state index in [0.29, 0.717) is 17.0 Å². The van der Waals surface area contributed by atoms with E-state index in [2.05, 4.69) is 13.8 Å². The van der Waals surface area contributed by atoms with E-state index < -0.39 is 22.4 Å². The summed E-state index contributed by atoms with van der Waals surface area (Å²) in [6.45, 7) is 5.40. The van der Waals surface area contributed by atoms with Crippen LogP contribution in [0.4, 0.5) is 0 Å². The van der Waals surface area contributed by atoms with Crippen LogP contribution in [0.2, 0.25) is 0 Å². The number of benzene rings is 2. The second kappa shape index (κ2) is 7.83. The lowest BCUT2D eigenvalue weighted by atomic mass is 10.0. The fourth-order valence-corrected chi connectivity index (χ4v) is 3.04. The lowest BCUT2D eigenvalue weighted by Gasteiger charge is -2.09. The standard InChI is InChI=1S/C20H22O5S/c1-13(2)15-6-8-16(9-7-15)19(21)12-25-20(22)18-11-17(26(4,23)24)10-5-14(18)3/h5-11,13H,12H2,1-4H3. The second-order valence-corrected chi connectivity index (χ2v) is 8.54. The molecule has 0 saturated heterocycles. The number of Topliss-reactive ketones (excluding diaryl/α,β-unsaturated/α-hetero) is 1. The number of rotatable bonds is 6. The molecule has 2 aromatic rings. The van der Waals surface area contributed by atoms with Gasteiger partial charge in [-0.2, -0.15) is 0 Å². The van der Waals surface area contributed by atoms with Crippen molar-refractivity contribution >= 4 is 21.6 Å². The van der Waals surface area contributed by atoms with Crippen molar-refractivity contribution in [1.82, 2.24) is 0 Å². The molecule has 2 aromatic carbocycles. The van der Waals surface area contributed by atoms with Crippen molar-refractivity contribution in [2.75, 3.05) is 12.9 Å². The van der Waals surface area contributed by atoms with E-state index in [9.17, 15) is 18.0 Å². The van der Waals surface area contributed by atoms with Crippen molar-refractivity contribution < 1.29 is 22.7 Å². The first-order valence-corrected chi connectivity index (χ1v) is 10.1. The Balaban J connectivity index is 2.10. The van der Waals surface area contributed by atoms with Crippen molar-refractivity contribution in [3.63, 3.8) is 0 Å². The third kappa shape index (κ3) is 4.79. The van der Waals surface area contributed by atoms with Crippen LogP contribution < -0.4 is 0 Å². The molecule has 0 amide bonds. The van der Waals surface area contributed by atoms with Gasteiger partial charge in [0.05, 0.1) is 10.5 Å². The summed E-state index contributed by atoms with van der Waals surface area (Å²) in [5.41, 5.74) is 2.29. The summed E-state index contributed by atoms with van der Waals surface area (Å²) in [6, 6.07) is 11.4. The third-order valence-corrected chi connectivity index (χ3v) is 5.20. The van der Waals surface area contributed by atoms with Gasteiger partial charge in [-0.1, -0.05) is 44.2 Å². The Morgan fingerprint density at radius 1 is 1.04 bits per heavy atom. The van der Waals surface area contributed by atoms with Gasteiger partial charge in [-0.25, -0.2) is 13.2 Å². The maximum atomic E-state index is 12.3. The van der Waals surface area contributed by atoms with E-state index in [-0.39, 0.29) is 16.2 Å². The molecule has 0 unspecified atom stereocenters. The summed E-state index contributed by atoms with van der Waals surface area (Å²) >= 11 is 0. The van der Waals surface area contributed by atoms with Crippen molar-refractivity contribution in [3.8, 4) is 0 Å². The molecule has 6 heteroatoms. The summed E-state index contributed by atoms with van der Waals surface area (Å²) in [4.78, 5) is 24.5. The lowest BCUT2D eigenvalue weighted by molar-refractivity contribution is 0.0473. The molecule has 0 aliphatic carbocycles. The number of sulfone groups is 1. The topological polar surface area (TPSA) is 77.5 Å². The van der Waals surface area contributed by atoms with Crippen LogP contribution in [0.25, 0.3) is 0 Å². The number of carbonyl (C=O) groups excluding carboxylic acids is 2. The van der Waals surface area contributed by atoms with Gasteiger partial charge in [0.1, 0.15) is 0 Å². The van der Waals surface area contributed by atoms with E-state index in [0.717, 1.165) is 11.8 Å². The molecule has 0 aliphatic heterocycles. The zero-order chi connectivity index (χ0) is 19.5. The molecule has 138 valence electrons. The predicted octanol–water partition coefficient (Wildman–Crippen LogP) is 3.56. The molecule has 0 N–H and O–H groups in total. The Bertz CT molecular complexity index is 925. The largest absolute Gasteiger partial charge is 0.454 e. The monoisotopic (exact) mass is 374 g/mol. The van der Waals surface area contributed by atoms with E-state index in [1.165, 1.54) is 12.1 Å². The molecule has 0 aromatic heterocycles. The van der Waals surface area contributed by atoms with Gasteiger partial charge in [0, 0.05) is 11.8 Å². The van der Waals surface area contributed by atoms with Gasteiger partial charge in [0.2, 0.25) is 0 Å². The van der Waals surface area contributed by atoms with Crippen LogP contribution in [0, 0.1) is 6.92 Å². The number of hydrogen-bond acceptors (Lipinski definition) is 5. The SMILES string of the molecule is Cc1ccc(S(C)(=O)=O)cc1C(=O)OCC(=O)c1ccc(C(C)C)cc1. The molecule has 0 aliphatic rings. The molecule has 0 spiro atoms. The van der Waals surface area contributed by atoms with Gasteiger partial charge in [-0.15, -0.1) is 0 Å². The average Bonchev–Trinajstić information content (AvgIpc) is 2.58. The fourth-order valence-electron chi connectivity index (χ4n) is 2.40. The fraction of sp³-hybridized carbons (Fsp3) is 0.300. The molecule has 0 radical (unpaired) electrons. The number of carbonyl (C=O) groups is 2. The van der Waals surface area contributed by atoms with Gasteiger partial charge < -0.3 is 4.74 Å². The zero-order valence-corrected chi connectivity index (χ0v) is 16.1. The van der Waals surface area contributed by atoms with Crippen LogP contribution in [-0.2, 0) is 14.6 Å². The highest BCUT2D eigenvalue weighted by Crippen LogP contribution is 2.18. The summed E-state index contributed by atoms with van der Waals surface area (Å²) in [5.74, 6) is -0.673. The molecular weight excluding hydrogens is 352 g/mol. The van der Waals surface area contributed by atoms with Crippen LogP contribution >= 0.6 is 0 Å². The third-order valence-electron chi connectivity index (χ3n) is 4.09. The van der Waals surface area contributed by atoms with Crippen molar-refractivity contribution in [3.05, 3.63) is 64.7 Å². The molecule has 0 bridgehead atoms. The maximum Gasteiger partial charge on any atom is 0.338 e. The van der Waals surface area contributed by atoms with Crippen molar-refractivity contribution in [1.29, 1.82) is 0 Å². The van der Waals surface area contributed by atoms with Crippen LogP contribution in [0.15, 0.2) is 47.4 Å². The molecular formula is C20H22O5S. The highest BCUT2D eigenvalue weighted by molar-refractivity contribution is 7.90. The highest BCUT2D eigenvalue weighted by atomic mass is 32.2. The number of ketones is 1. The average molecular weight is 374 g/mol. The van der Waals surface area contributed by atoms with Gasteiger partial charge >= 0.3 is 5.97 Å². The van der Waals surface area contributed by atoms with Crippen LogP contribution in [0.5, 0.6) is 0 Å². The number of ether oxygens (including phenoxy) is 1. The zero-order valence-electron chi connectivity index (χ0n) is 15.3. The molecule has 0 heterocycles. The normalized spacial score (nSPS) is 11.4. The lowest BCUT2D eigenvalue weighted by Crippen LogP contribution is -2.15. The van der Waals surface area contributed by atoms with E-state index >= 15 is 0 Å². The number of hydrogen-bond donors (Lipinski definition) is 0. The van der Waals surface area contributed by atoms with Crippen LogP contribution in [0.3, 0.4) is 0 Å². The summed E-state index contributed by atoms with van der Waals surface area (Å²) in [6.07, 6.45) is 1.07. The molecule has 0 fully saturated rings. The van der Waals surface area contributed by atoms with E-state index in [1.54, 1.807) is 25.1 Å².